The lowest BCUT2D eigenvalue weighted by atomic mass is 9.72. The number of aromatic nitrogens is 3. The second-order valence-electron chi connectivity index (χ2n) is 6.97. The summed E-state index contributed by atoms with van der Waals surface area (Å²) in [6.07, 6.45) is 3.18. The molecule has 0 fully saturated rings. The summed E-state index contributed by atoms with van der Waals surface area (Å²) in [5, 5.41) is 8.75. The average molecular weight is 251 g/mol. The molecular weight excluding hydrogens is 222 g/mol. The molecule has 3 nitrogen and oxygen atoms in total. The first-order valence-electron chi connectivity index (χ1n) is 7.06. The molecule has 1 atom stereocenters. The SMILES string of the molecule is CCC(C)(C)n1cc(C(C)(C)C(C)C(C)C)nn1. The highest BCUT2D eigenvalue weighted by Crippen LogP contribution is 2.35. The molecule has 1 heterocycles. The number of rotatable bonds is 5. The van der Waals surface area contributed by atoms with Gasteiger partial charge in [0.2, 0.25) is 0 Å². The minimum absolute atomic E-state index is 0.0440. The average Bonchev–Trinajstić information content (AvgIpc) is 2.78. The summed E-state index contributed by atoms with van der Waals surface area (Å²) in [5.41, 5.74) is 1.21. The van der Waals surface area contributed by atoms with Gasteiger partial charge in [-0.3, -0.25) is 0 Å². The van der Waals surface area contributed by atoms with Crippen molar-refractivity contribution in [2.75, 3.05) is 0 Å². The van der Waals surface area contributed by atoms with Crippen molar-refractivity contribution in [3.63, 3.8) is 0 Å². The fourth-order valence-corrected chi connectivity index (χ4v) is 2.08. The fourth-order valence-electron chi connectivity index (χ4n) is 2.08. The molecule has 104 valence electrons. The number of hydrogen-bond acceptors (Lipinski definition) is 2. The molecule has 0 bridgehead atoms. The van der Waals surface area contributed by atoms with E-state index in [-0.39, 0.29) is 11.0 Å². The third kappa shape index (κ3) is 2.76. The van der Waals surface area contributed by atoms with Crippen LogP contribution in [0.4, 0.5) is 0 Å². The van der Waals surface area contributed by atoms with Crippen LogP contribution in [0.25, 0.3) is 0 Å². The topological polar surface area (TPSA) is 30.7 Å². The van der Waals surface area contributed by atoms with Crippen LogP contribution in [0.3, 0.4) is 0 Å². The predicted octanol–water partition coefficient (Wildman–Crippen LogP) is 3.99. The second-order valence-corrected chi connectivity index (χ2v) is 6.97. The molecule has 1 aromatic heterocycles. The Bertz CT molecular complexity index is 388. The van der Waals surface area contributed by atoms with Crippen molar-refractivity contribution in [3.05, 3.63) is 11.9 Å². The van der Waals surface area contributed by atoms with Gasteiger partial charge in [0.05, 0.1) is 11.2 Å². The largest absolute Gasteiger partial charge is 0.247 e. The van der Waals surface area contributed by atoms with E-state index >= 15 is 0 Å². The third-order valence-electron chi connectivity index (χ3n) is 4.78. The van der Waals surface area contributed by atoms with Crippen molar-refractivity contribution in [1.29, 1.82) is 0 Å². The highest BCUT2D eigenvalue weighted by molar-refractivity contribution is 5.11. The van der Waals surface area contributed by atoms with E-state index in [4.69, 9.17) is 0 Å². The van der Waals surface area contributed by atoms with Crippen LogP contribution in [0.2, 0.25) is 0 Å². The summed E-state index contributed by atoms with van der Waals surface area (Å²) in [7, 11) is 0. The quantitative estimate of drug-likeness (QED) is 0.792. The molecule has 1 rings (SSSR count). The van der Waals surface area contributed by atoms with E-state index in [0.717, 1.165) is 12.1 Å². The van der Waals surface area contributed by atoms with Gasteiger partial charge in [-0.05, 0) is 32.1 Å². The minimum Gasteiger partial charge on any atom is -0.247 e. The van der Waals surface area contributed by atoms with E-state index in [9.17, 15) is 0 Å². The van der Waals surface area contributed by atoms with E-state index in [1.165, 1.54) is 0 Å². The zero-order valence-corrected chi connectivity index (χ0v) is 13.3. The van der Waals surface area contributed by atoms with E-state index in [1.54, 1.807) is 0 Å². The fraction of sp³-hybridized carbons (Fsp3) is 0.867. The zero-order chi connectivity index (χ0) is 14.1. The van der Waals surface area contributed by atoms with Crippen LogP contribution in [-0.2, 0) is 11.0 Å². The molecule has 0 aliphatic heterocycles. The van der Waals surface area contributed by atoms with Crippen LogP contribution >= 0.6 is 0 Å². The first kappa shape index (κ1) is 15.2. The lowest BCUT2D eigenvalue weighted by Gasteiger charge is -2.32. The van der Waals surface area contributed by atoms with Gasteiger partial charge in [-0.25, -0.2) is 4.68 Å². The predicted molar refractivity (Wildman–Crippen MR) is 76.7 cm³/mol. The Balaban J connectivity index is 3.05. The highest BCUT2D eigenvalue weighted by Gasteiger charge is 2.33. The third-order valence-corrected chi connectivity index (χ3v) is 4.78. The van der Waals surface area contributed by atoms with E-state index in [2.05, 4.69) is 71.9 Å². The Hall–Kier alpha value is -0.860. The second kappa shape index (κ2) is 5.02. The van der Waals surface area contributed by atoms with E-state index in [1.807, 2.05) is 4.68 Å². The molecule has 18 heavy (non-hydrogen) atoms. The van der Waals surface area contributed by atoms with Crippen molar-refractivity contribution < 1.29 is 0 Å². The lowest BCUT2D eigenvalue weighted by Crippen LogP contribution is -2.31. The Morgan fingerprint density at radius 1 is 1.17 bits per heavy atom. The summed E-state index contributed by atoms with van der Waals surface area (Å²) in [4.78, 5) is 0. The molecule has 0 saturated carbocycles. The standard InChI is InChI=1S/C15H29N3/c1-9-14(5,6)18-10-13(16-17-18)15(7,8)12(4)11(2)3/h10-12H,9H2,1-8H3. The molecule has 0 aliphatic carbocycles. The first-order valence-corrected chi connectivity index (χ1v) is 7.06. The summed E-state index contributed by atoms with van der Waals surface area (Å²) in [5.74, 6) is 1.22. The summed E-state index contributed by atoms with van der Waals surface area (Å²) in [6, 6.07) is 0. The minimum atomic E-state index is 0.0440. The van der Waals surface area contributed by atoms with Gasteiger partial charge >= 0.3 is 0 Å². The van der Waals surface area contributed by atoms with Gasteiger partial charge in [0.25, 0.3) is 0 Å². The highest BCUT2D eigenvalue weighted by atomic mass is 15.4. The number of nitrogens with zero attached hydrogens (tertiary/aromatic N) is 3. The van der Waals surface area contributed by atoms with Crippen molar-refractivity contribution in [2.45, 2.75) is 72.8 Å². The van der Waals surface area contributed by atoms with Crippen LogP contribution < -0.4 is 0 Å². The summed E-state index contributed by atoms with van der Waals surface area (Å²) >= 11 is 0. The molecule has 0 spiro atoms. The molecule has 0 aliphatic rings. The van der Waals surface area contributed by atoms with Crippen LogP contribution in [0.5, 0.6) is 0 Å². The van der Waals surface area contributed by atoms with Gasteiger partial charge in [0.15, 0.2) is 0 Å². The molecule has 1 unspecified atom stereocenters. The summed E-state index contributed by atoms with van der Waals surface area (Å²) in [6.45, 7) is 18.0. The molecule has 0 amide bonds. The molecule has 0 N–H and O–H groups in total. The van der Waals surface area contributed by atoms with Gasteiger partial charge < -0.3 is 0 Å². The molecule has 3 heteroatoms. The van der Waals surface area contributed by atoms with E-state index < -0.39 is 0 Å². The molecule has 0 saturated heterocycles. The molecular formula is C15H29N3. The van der Waals surface area contributed by atoms with E-state index in [0.29, 0.717) is 11.8 Å². The summed E-state index contributed by atoms with van der Waals surface area (Å²) < 4.78 is 2.01. The Labute approximate surface area is 112 Å². The Morgan fingerprint density at radius 3 is 2.17 bits per heavy atom. The Morgan fingerprint density at radius 2 is 1.72 bits per heavy atom. The van der Waals surface area contributed by atoms with Crippen LogP contribution in [0, 0.1) is 11.8 Å². The monoisotopic (exact) mass is 251 g/mol. The first-order chi connectivity index (χ1) is 8.13. The van der Waals surface area contributed by atoms with Crippen LogP contribution in [0.1, 0.15) is 67.5 Å². The van der Waals surface area contributed by atoms with Gasteiger partial charge in [0, 0.05) is 11.6 Å². The maximum atomic E-state index is 4.42. The molecule has 1 aromatic rings. The zero-order valence-electron chi connectivity index (χ0n) is 13.3. The van der Waals surface area contributed by atoms with Crippen LogP contribution in [-0.4, -0.2) is 15.0 Å². The maximum Gasteiger partial charge on any atom is 0.0886 e. The number of hydrogen-bond donors (Lipinski definition) is 0. The lowest BCUT2D eigenvalue weighted by molar-refractivity contribution is 0.257. The normalized spacial score (nSPS) is 15.2. The smallest absolute Gasteiger partial charge is 0.0886 e. The van der Waals surface area contributed by atoms with Gasteiger partial charge in [-0.2, -0.15) is 0 Å². The van der Waals surface area contributed by atoms with Crippen molar-refractivity contribution >= 4 is 0 Å². The van der Waals surface area contributed by atoms with Crippen molar-refractivity contribution in [3.8, 4) is 0 Å². The molecule has 0 aromatic carbocycles. The van der Waals surface area contributed by atoms with Gasteiger partial charge in [0.1, 0.15) is 0 Å². The van der Waals surface area contributed by atoms with Crippen LogP contribution in [0.15, 0.2) is 6.20 Å². The van der Waals surface area contributed by atoms with Gasteiger partial charge in [-0.15, -0.1) is 5.10 Å². The van der Waals surface area contributed by atoms with Crippen molar-refractivity contribution in [2.24, 2.45) is 11.8 Å². The van der Waals surface area contributed by atoms with Crippen molar-refractivity contribution in [1.82, 2.24) is 15.0 Å². The Kier molecular flexibility index (Phi) is 4.24. The maximum absolute atomic E-state index is 4.42. The van der Waals surface area contributed by atoms with Gasteiger partial charge in [-0.1, -0.05) is 46.8 Å². The molecule has 0 radical (unpaired) electrons.